The minimum absolute atomic E-state index is 0.443. The van der Waals surface area contributed by atoms with Crippen LogP contribution in [-0.4, -0.2) is 21.0 Å². The van der Waals surface area contributed by atoms with Gasteiger partial charge in [-0.1, -0.05) is 29.8 Å². The summed E-state index contributed by atoms with van der Waals surface area (Å²) in [6.07, 6.45) is 0.728. The van der Waals surface area contributed by atoms with E-state index in [2.05, 4.69) is 5.10 Å². The van der Waals surface area contributed by atoms with Gasteiger partial charge in [-0.05, 0) is 31.0 Å². The highest BCUT2D eigenvalue weighted by molar-refractivity contribution is 6.31. The van der Waals surface area contributed by atoms with Gasteiger partial charge in [-0.15, -0.1) is 0 Å². The van der Waals surface area contributed by atoms with Crippen molar-refractivity contribution in [3.05, 3.63) is 51.8 Å². The fourth-order valence-electron chi connectivity index (χ4n) is 2.34. The average Bonchev–Trinajstić information content (AvgIpc) is 2.59. The highest BCUT2D eigenvalue weighted by Gasteiger charge is 2.15. The first-order chi connectivity index (χ1) is 8.99. The standard InChI is InChI=1S/C15H19ClN2O/c1-10-14(11(2)18(3)17-10)9-13(19)8-12-6-4-5-7-15(12)16/h4-7,13,19H,8-9H2,1-3H3. The van der Waals surface area contributed by atoms with E-state index < -0.39 is 6.10 Å². The summed E-state index contributed by atoms with van der Waals surface area (Å²) >= 11 is 6.11. The predicted molar refractivity (Wildman–Crippen MR) is 77.5 cm³/mol. The molecule has 2 aromatic rings. The molecule has 0 saturated carbocycles. The van der Waals surface area contributed by atoms with E-state index in [1.54, 1.807) is 0 Å². The van der Waals surface area contributed by atoms with Gasteiger partial charge < -0.3 is 5.11 Å². The zero-order chi connectivity index (χ0) is 14.0. The van der Waals surface area contributed by atoms with Crippen LogP contribution in [-0.2, 0) is 19.9 Å². The molecule has 1 N–H and O–H groups in total. The molecule has 102 valence electrons. The van der Waals surface area contributed by atoms with E-state index >= 15 is 0 Å². The Hall–Kier alpha value is -1.32. The molecule has 1 unspecified atom stereocenters. The van der Waals surface area contributed by atoms with Crippen molar-refractivity contribution in [2.75, 3.05) is 0 Å². The van der Waals surface area contributed by atoms with E-state index in [1.807, 2.05) is 49.8 Å². The summed E-state index contributed by atoms with van der Waals surface area (Å²) in [5.74, 6) is 0. The topological polar surface area (TPSA) is 38.0 Å². The Balaban J connectivity index is 2.10. The summed E-state index contributed by atoms with van der Waals surface area (Å²) in [4.78, 5) is 0. The number of aromatic nitrogens is 2. The number of halogens is 1. The number of aliphatic hydroxyl groups is 1. The number of hydrogen-bond donors (Lipinski definition) is 1. The molecule has 0 aliphatic rings. The molecule has 1 heterocycles. The van der Waals surface area contributed by atoms with Crippen molar-refractivity contribution in [1.82, 2.24) is 9.78 Å². The summed E-state index contributed by atoms with van der Waals surface area (Å²) in [5.41, 5.74) is 4.20. The third kappa shape index (κ3) is 3.17. The average molecular weight is 279 g/mol. The molecule has 0 bridgehead atoms. The van der Waals surface area contributed by atoms with Crippen molar-refractivity contribution in [2.45, 2.75) is 32.8 Å². The van der Waals surface area contributed by atoms with Gasteiger partial charge in [0.15, 0.2) is 0 Å². The molecule has 0 aliphatic carbocycles. The first kappa shape index (κ1) is 14.1. The van der Waals surface area contributed by atoms with E-state index in [0.717, 1.165) is 22.5 Å². The summed E-state index contributed by atoms with van der Waals surface area (Å²) in [6.45, 7) is 4.00. The molecule has 0 saturated heterocycles. The Morgan fingerprint density at radius 2 is 1.95 bits per heavy atom. The van der Waals surface area contributed by atoms with Gasteiger partial charge in [-0.3, -0.25) is 4.68 Å². The van der Waals surface area contributed by atoms with Gasteiger partial charge in [-0.2, -0.15) is 5.10 Å². The minimum Gasteiger partial charge on any atom is -0.392 e. The summed E-state index contributed by atoms with van der Waals surface area (Å²) < 4.78 is 1.85. The fourth-order valence-corrected chi connectivity index (χ4v) is 2.55. The van der Waals surface area contributed by atoms with E-state index in [1.165, 1.54) is 0 Å². The highest BCUT2D eigenvalue weighted by Crippen LogP contribution is 2.20. The smallest absolute Gasteiger partial charge is 0.0629 e. The van der Waals surface area contributed by atoms with Gasteiger partial charge in [0.05, 0.1) is 11.8 Å². The molecule has 4 heteroatoms. The minimum atomic E-state index is -0.443. The first-order valence-corrected chi connectivity index (χ1v) is 6.77. The molecule has 1 atom stereocenters. The fraction of sp³-hybridized carbons (Fsp3) is 0.400. The van der Waals surface area contributed by atoms with Gasteiger partial charge in [0.25, 0.3) is 0 Å². The lowest BCUT2D eigenvalue weighted by atomic mass is 10.0. The molecule has 19 heavy (non-hydrogen) atoms. The molecular weight excluding hydrogens is 260 g/mol. The molecule has 1 aromatic carbocycles. The van der Waals surface area contributed by atoms with Crippen LogP contribution in [0.2, 0.25) is 5.02 Å². The maximum absolute atomic E-state index is 10.2. The second kappa shape index (κ2) is 5.76. The van der Waals surface area contributed by atoms with Gasteiger partial charge >= 0.3 is 0 Å². The van der Waals surface area contributed by atoms with Crippen molar-refractivity contribution in [1.29, 1.82) is 0 Å². The lowest BCUT2D eigenvalue weighted by molar-refractivity contribution is 0.175. The Labute approximate surface area is 118 Å². The first-order valence-electron chi connectivity index (χ1n) is 6.39. The number of hydrogen-bond acceptors (Lipinski definition) is 2. The van der Waals surface area contributed by atoms with E-state index in [9.17, 15) is 5.11 Å². The second-order valence-corrected chi connectivity index (χ2v) is 5.33. The van der Waals surface area contributed by atoms with Crippen LogP contribution in [0.1, 0.15) is 22.5 Å². The Morgan fingerprint density at radius 1 is 1.26 bits per heavy atom. The van der Waals surface area contributed by atoms with Crippen LogP contribution in [0.3, 0.4) is 0 Å². The molecule has 0 aliphatic heterocycles. The molecule has 0 radical (unpaired) electrons. The molecule has 0 spiro atoms. The summed E-state index contributed by atoms with van der Waals surface area (Å²) in [7, 11) is 1.92. The van der Waals surface area contributed by atoms with E-state index in [-0.39, 0.29) is 0 Å². The molecule has 0 amide bonds. The molecular formula is C15H19ClN2O. The monoisotopic (exact) mass is 278 g/mol. The van der Waals surface area contributed by atoms with Gasteiger partial charge in [0.1, 0.15) is 0 Å². The van der Waals surface area contributed by atoms with Crippen LogP contribution in [0.4, 0.5) is 0 Å². The Bertz CT molecular complexity index is 578. The van der Waals surface area contributed by atoms with Crippen molar-refractivity contribution in [3.63, 3.8) is 0 Å². The van der Waals surface area contributed by atoms with E-state index in [0.29, 0.717) is 17.9 Å². The lowest BCUT2D eigenvalue weighted by Gasteiger charge is -2.12. The second-order valence-electron chi connectivity index (χ2n) is 4.93. The van der Waals surface area contributed by atoms with Gasteiger partial charge in [-0.25, -0.2) is 0 Å². The number of aryl methyl sites for hydroxylation is 2. The van der Waals surface area contributed by atoms with Crippen molar-refractivity contribution >= 4 is 11.6 Å². The van der Waals surface area contributed by atoms with Crippen LogP contribution in [0, 0.1) is 13.8 Å². The Morgan fingerprint density at radius 3 is 2.53 bits per heavy atom. The zero-order valence-corrected chi connectivity index (χ0v) is 12.3. The van der Waals surface area contributed by atoms with Crippen molar-refractivity contribution in [2.24, 2.45) is 7.05 Å². The van der Waals surface area contributed by atoms with Crippen LogP contribution in [0.15, 0.2) is 24.3 Å². The normalized spacial score (nSPS) is 12.7. The molecule has 3 nitrogen and oxygen atoms in total. The van der Waals surface area contributed by atoms with Crippen LogP contribution in [0.5, 0.6) is 0 Å². The highest BCUT2D eigenvalue weighted by atomic mass is 35.5. The molecule has 0 fully saturated rings. The number of aliphatic hydroxyl groups excluding tert-OH is 1. The SMILES string of the molecule is Cc1nn(C)c(C)c1CC(O)Cc1ccccc1Cl. The largest absolute Gasteiger partial charge is 0.392 e. The van der Waals surface area contributed by atoms with Gasteiger partial charge in [0.2, 0.25) is 0 Å². The Kier molecular flexibility index (Phi) is 4.27. The van der Waals surface area contributed by atoms with Crippen molar-refractivity contribution in [3.8, 4) is 0 Å². The van der Waals surface area contributed by atoms with Crippen molar-refractivity contribution < 1.29 is 5.11 Å². The number of nitrogens with zero attached hydrogens (tertiary/aromatic N) is 2. The van der Waals surface area contributed by atoms with E-state index in [4.69, 9.17) is 11.6 Å². The maximum atomic E-state index is 10.2. The number of rotatable bonds is 4. The predicted octanol–water partition coefficient (Wildman–Crippen LogP) is 2.84. The third-order valence-electron chi connectivity index (χ3n) is 3.51. The molecule has 1 aromatic heterocycles. The maximum Gasteiger partial charge on any atom is 0.0629 e. The zero-order valence-electron chi connectivity index (χ0n) is 11.5. The molecule has 2 rings (SSSR count). The van der Waals surface area contributed by atoms with Crippen LogP contribution >= 0.6 is 11.6 Å². The lowest BCUT2D eigenvalue weighted by Crippen LogP contribution is -2.15. The summed E-state index contributed by atoms with van der Waals surface area (Å²) in [6, 6.07) is 7.64. The van der Waals surface area contributed by atoms with Crippen LogP contribution < -0.4 is 0 Å². The third-order valence-corrected chi connectivity index (χ3v) is 3.88. The summed E-state index contributed by atoms with van der Waals surface area (Å²) in [5, 5.41) is 15.3. The van der Waals surface area contributed by atoms with Crippen LogP contribution in [0.25, 0.3) is 0 Å². The number of benzene rings is 1. The quantitative estimate of drug-likeness (QED) is 0.934. The van der Waals surface area contributed by atoms with Gasteiger partial charge in [0, 0.05) is 30.6 Å².